The Morgan fingerprint density at radius 1 is 1.38 bits per heavy atom. The summed E-state index contributed by atoms with van der Waals surface area (Å²) in [6.07, 6.45) is -0.333. The number of nitrogens with one attached hydrogen (secondary N) is 1. The number of urea groups is 1. The van der Waals surface area contributed by atoms with Crippen LogP contribution in [0.5, 0.6) is 0 Å². The number of rotatable bonds is 4. The van der Waals surface area contributed by atoms with Crippen molar-refractivity contribution in [2.75, 3.05) is 19.6 Å². The second-order valence-electron chi connectivity index (χ2n) is 6.84. The Kier molecular flexibility index (Phi) is 4.31. The first-order valence-corrected chi connectivity index (χ1v) is 8.14. The topological polar surface area (TPSA) is 72.9 Å². The number of carbonyl (C=O) groups excluding carboxylic acids is 2. The van der Waals surface area contributed by atoms with Crippen LogP contribution in [0.15, 0.2) is 24.3 Å². The Morgan fingerprint density at radius 2 is 2.12 bits per heavy atom. The molecule has 0 aromatic heterocycles. The van der Waals surface area contributed by atoms with Crippen LogP contribution in [0.3, 0.4) is 0 Å². The quantitative estimate of drug-likeness (QED) is 0.813. The van der Waals surface area contributed by atoms with Gasteiger partial charge in [0, 0.05) is 25.7 Å². The minimum absolute atomic E-state index is 0.191. The first-order valence-electron chi connectivity index (χ1n) is 8.14. The van der Waals surface area contributed by atoms with Crippen LogP contribution in [-0.2, 0) is 4.79 Å². The maximum atomic E-state index is 13.3. The molecule has 1 aromatic carbocycles. The van der Waals surface area contributed by atoms with Gasteiger partial charge in [0.15, 0.2) is 0 Å². The molecule has 6 nitrogen and oxygen atoms in total. The second-order valence-corrected chi connectivity index (χ2v) is 6.84. The molecule has 0 bridgehead atoms. The van der Waals surface area contributed by atoms with Crippen molar-refractivity contribution in [3.63, 3.8) is 0 Å². The Morgan fingerprint density at radius 3 is 2.75 bits per heavy atom. The highest BCUT2D eigenvalue weighted by Crippen LogP contribution is 2.30. The fourth-order valence-electron chi connectivity index (χ4n) is 3.50. The van der Waals surface area contributed by atoms with Gasteiger partial charge in [-0.15, -0.1) is 0 Å². The summed E-state index contributed by atoms with van der Waals surface area (Å²) in [6.45, 7) is 4.83. The fourth-order valence-corrected chi connectivity index (χ4v) is 3.50. The molecule has 2 aliphatic rings. The van der Waals surface area contributed by atoms with Gasteiger partial charge < -0.3 is 10.4 Å². The van der Waals surface area contributed by atoms with Crippen LogP contribution in [-0.4, -0.2) is 58.1 Å². The van der Waals surface area contributed by atoms with Crippen LogP contribution in [0.1, 0.15) is 31.9 Å². The average Bonchev–Trinajstić information content (AvgIpc) is 3.01. The van der Waals surface area contributed by atoms with Gasteiger partial charge in [0.05, 0.1) is 6.10 Å². The molecule has 2 atom stereocenters. The number of aliphatic hydroxyl groups excluding tert-OH is 1. The maximum absolute atomic E-state index is 13.3. The molecule has 7 heteroatoms. The summed E-state index contributed by atoms with van der Waals surface area (Å²) in [5.74, 6) is -0.597. The lowest BCUT2D eigenvalue weighted by atomic mass is 9.98. The number of halogens is 1. The lowest BCUT2D eigenvalue weighted by Gasteiger charge is -2.24. The largest absolute Gasteiger partial charge is 0.387 e. The second kappa shape index (κ2) is 6.14. The number of aliphatic hydroxyl groups is 1. The zero-order valence-corrected chi connectivity index (χ0v) is 13.8. The van der Waals surface area contributed by atoms with Gasteiger partial charge in [0.25, 0.3) is 5.91 Å². The van der Waals surface area contributed by atoms with Gasteiger partial charge in [-0.25, -0.2) is 9.18 Å². The first kappa shape index (κ1) is 16.9. The number of imide groups is 1. The molecule has 24 heavy (non-hydrogen) atoms. The third-order valence-electron chi connectivity index (χ3n) is 4.72. The Labute approximate surface area is 140 Å². The number of amides is 3. The summed E-state index contributed by atoms with van der Waals surface area (Å²) in [7, 11) is 0. The van der Waals surface area contributed by atoms with Crippen LogP contribution in [0, 0.1) is 5.82 Å². The van der Waals surface area contributed by atoms with Crippen LogP contribution < -0.4 is 5.32 Å². The summed E-state index contributed by atoms with van der Waals surface area (Å²) < 4.78 is 13.3. The smallest absolute Gasteiger partial charge is 0.325 e. The van der Waals surface area contributed by atoms with E-state index in [1.54, 1.807) is 26.0 Å². The Hall–Kier alpha value is -1.99. The zero-order chi connectivity index (χ0) is 17.5. The first-order chi connectivity index (χ1) is 11.3. The predicted octanol–water partition coefficient (Wildman–Crippen LogP) is 1.26. The predicted molar refractivity (Wildman–Crippen MR) is 85.7 cm³/mol. The van der Waals surface area contributed by atoms with Crippen molar-refractivity contribution in [3.8, 4) is 0 Å². The van der Waals surface area contributed by atoms with E-state index in [9.17, 15) is 19.1 Å². The summed E-state index contributed by atoms with van der Waals surface area (Å²) in [6, 6.07) is 5.31. The van der Waals surface area contributed by atoms with E-state index in [0.717, 1.165) is 0 Å². The average molecular weight is 335 g/mol. The fraction of sp³-hybridized carbons (Fsp3) is 0.529. The molecular weight excluding hydrogens is 313 g/mol. The van der Waals surface area contributed by atoms with Crippen LogP contribution in [0.25, 0.3) is 0 Å². The number of benzene rings is 1. The lowest BCUT2D eigenvalue weighted by molar-refractivity contribution is -0.132. The molecule has 1 aromatic rings. The van der Waals surface area contributed by atoms with Crippen LogP contribution >= 0.6 is 0 Å². The number of nitrogens with zero attached hydrogens (tertiary/aromatic N) is 2. The van der Waals surface area contributed by atoms with Crippen molar-refractivity contribution in [3.05, 3.63) is 35.6 Å². The third-order valence-corrected chi connectivity index (χ3v) is 4.72. The van der Waals surface area contributed by atoms with E-state index in [1.807, 2.05) is 4.90 Å². The molecule has 2 fully saturated rings. The minimum atomic E-state index is -0.900. The molecule has 130 valence electrons. The van der Waals surface area contributed by atoms with Crippen LogP contribution in [0.2, 0.25) is 0 Å². The number of carbonyl (C=O) groups is 2. The molecule has 2 saturated heterocycles. The van der Waals surface area contributed by atoms with Crippen molar-refractivity contribution in [2.45, 2.75) is 38.0 Å². The van der Waals surface area contributed by atoms with Crippen molar-refractivity contribution in [2.24, 2.45) is 0 Å². The molecule has 1 spiro atoms. The zero-order valence-electron chi connectivity index (χ0n) is 13.8. The van der Waals surface area contributed by atoms with Crippen molar-refractivity contribution in [1.29, 1.82) is 0 Å². The highest BCUT2D eigenvalue weighted by Gasteiger charge is 2.55. The van der Waals surface area contributed by atoms with Gasteiger partial charge in [-0.1, -0.05) is 12.1 Å². The molecule has 0 radical (unpaired) electrons. The molecule has 0 unspecified atom stereocenters. The monoisotopic (exact) mass is 335 g/mol. The molecule has 3 rings (SSSR count). The summed E-state index contributed by atoms with van der Waals surface area (Å²) in [5.41, 5.74) is -0.398. The van der Waals surface area contributed by atoms with E-state index in [2.05, 4.69) is 5.32 Å². The highest BCUT2D eigenvalue weighted by molar-refractivity contribution is 6.07. The van der Waals surface area contributed by atoms with Gasteiger partial charge in [-0.05, 0) is 38.0 Å². The molecule has 0 saturated carbocycles. The van der Waals surface area contributed by atoms with E-state index in [4.69, 9.17) is 0 Å². The van der Waals surface area contributed by atoms with E-state index < -0.39 is 17.5 Å². The van der Waals surface area contributed by atoms with Crippen LogP contribution in [0.4, 0.5) is 9.18 Å². The van der Waals surface area contributed by atoms with Gasteiger partial charge in [-0.3, -0.25) is 14.6 Å². The van der Waals surface area contributed by atoms with Gasteiger partial charge in [0.1, 0.15) is 11.4 Å². The lowest BCUT2D eigenvalue weighted by Crippen LogP contribution is -2.50. The van der Waals surface area contributed by atoms with Gasteiger partial charge >= 0.3 is 6.03 Å². The molecule has 2 aliphatic heterocycles. The molecular formula is C17H22FN3O3. The van der Waals surface area contributed by atoms with E-state index in [0.29, 0.717) is 25.1 Å². The number of hydrogen-bond donors (Lipinski definition) is 2. The third kappa shape index (κ3) is 2.89. The van der Waals surface area contributed by atoms with E-state index in [1.165, 1.54) is 17.0 Å². The standard InChI is InChI=1S/C17H22FN3O3/c1-11(2)21-15(23)17(19-16(21)24)6-7-20(10-17)9-14(22)12-4-3-5-13(18)8-12/h3-5,8,11,14,22H,6-7,9-10H2,1-2H3,(H,19,24)/t14-,17-/m1/s1. The van der Waals surface area contributed by atoms with Crippen molar-refractivity contribution in [1.82, 2.24) is 15.1 Å². The molecule has 2 heterocycles. The highest BCUT2D eigenvalue weighted by atomic mass is 19.1. The summed E-state index contributed by atoms with van der Waals surface area (Å²) >= 11 is 0. The van der Waals surface area contributed by atoms with E-state index >= 15 is 0 Å². The minimum Gasteiger partial charge on any atom is -0.387 e. The Balaban J connectivity index is 1.68. The number of likely N-dealkylation sites (tertiary alicyclic amines) is 1. The number of hydrogen-bond acceptors (Lipinski definition) is 4. The normalized spacial score (nSPS) is 25.8. The van der Waals surface area contributed by atoms with Gasteiger partial charge in [-0.2, -0.15) is 0 Å². The molecule has 2 N–H and O–H groups in total. The SMILES string of the molecule is CC(C)N1C(=O)N[C@@]2(CCN(C[C@@H](O)c3cccc(F)c3)C2)C1=O. The van der Waals surface area contributed by atoms with Crippen molar-refractivity contribution >= 4 is 11.9 Å². The molecule has 0 aliphatic carbocycles. The van der Waals surface area contributed by atoms with Crippen molar-refractivity contribution < 1.29 is 19.1 Å². The van der Waals surface area contributed by atoms with E-state index in [-0.39, 0.29) is 24.5 Å². The summed E-state index contributed by atoms with van der Waals surface area (Å²) in [4.78, 5) is 27.9. The molecule has 3 amide bonds. The van der Waals surface area contributed by atoms with Gasteiger partial charge in [0.2, 0.25) is 0 Å². The summed E-state index contributed by atoms with van der Waals surface area (Å²) in [5, 5.41) is 13.1. The Bertz CT molecular complexity index is 666. The maximum Gasteiger partial charge on any atom is 0.325 e. The number of β-amino-alcohol motifs (C(OH)–C–C–N with tert-alkyl or cyclic N) is 1.